The Hall–Kier alpha value is -1.31. The molecule has 0 saturated heterocycles. The van der Waals surface area contributed by atoms with Crippen molar-refractivity contribution in [3.63, 3.8) is 0 Å². The second-order valence-electron chi connectivity index (χ2n) is 2.94. The van der Waals surface area contributed by atoms with E-state index in [4.69, 9.17) is 4.74 Å². The summed E-state index contributed by atoms with van der Waals surface area (Å²) in [5.74, 6) is 0.676. The van der Waals surface area contributed by atoms with Gasteiger partial charge in [0.15, 0.2) is 0 Å². The number of hydrogen-bond acceptors (Lipinski definition) is 2. The minimum Gasteiger partial charge on any atom is -0.428 e. The van der Waals surface area contributed by atoms with Crippen molar-refractivity contribution < 1.29 is 9.53 Å². The highest BCUT2D eigenvalue weighted by atomic mass is 16.5. The molecule has 0 heterocycles. The fourth-order valence-corrected chi connectivity index (χ4v) is 1.40. The van der Waals surface area contributed by atoms with Gasteiger partial charge in [-0.15, -0.1) is 0 Å². The van der Waals surface area contributed by atoms with E-state index >= 15 is 0 Å². The van der Waals surface area contributed by atoms with Crippen LogP contribution < -0.4 is 4.74 Å². The van der Waals surface area contributed by atoms with Gasteiger partial charge in [0, 0.05) is 0 Å². The van der Waals surface area contributed by atoms with Crippen molar-refractivity contribution >= 4 is 6.47 Å². The summed E-state index contributed by atoms with van der Waals surface area (Å²) in [5, 5.41) is 0. The fourth-order valence-electron chi connectivity index (χ4n) is 1.40. The van der Waals surface area contributed by atoms with Crippen LogP contribution in [0.2, 0.25) is 0 Å². The highest BCUT2D eigenvalue weighted by molar-refractivity contribution is 5.51. The lowest BCUT2D eigenvalue weighted by Gasteiger charge is -2.07. The number of hydrogen-bond donors (Lipinski definition) is 0. The maximum atomic E-state index is 10.1. The monoisotopic (exact) mass is 164 g/mol. The first-order chi connectivity index (χ1) is 5.65. The number of carbonyl (C=O) groups is 1. The molecule has 0 atom stereocenters. The van der Waals surface area contributed by atoms with Gasteiger partial charge in [-0.1, -0.05) is 17.7 Å². The van der Waals surface area contributed by atoms with Crippen LogP contribution in [-0.2, 0) is 4.79 Å². The first-order valence-corrected chi connectivity index (χ1v) is 3.83. The van der Waals surface area contributed by atoms with Crippen LogP contribution in [0.3, 0.4) is 0 Å². The molecule has 0 amide bonds. The minimum absolute atomic E-state index is 0.463. The molecule has 0 aliphatic heterocycles. The molecule has 0 N–H and O–H groups in total. The maximum Gasteiger partial charge on any atom is 0.298 e. The van der Waals surface area contributed by atoms with E-state index in [2.05, 4.69) is 0 Å². The average molecular weight is 164 g/mol. The maximum absolute atomic E-state index is 10.1. The summed E-state index contributed by atoms with van der Waals surface area (Å²) < 4.78 is 4.84. The average Bonchev–Trinajstić information content (AvgIpc) is 1.96. The number of carbonyl (C=O) groups excluding carboxylic acids is 1. The predicted octanol–water partition coefficient (Wildman–Crippen LogP) is 2.15. The predicted molar refractivity (Wildman–Crippen MR) is 47.3 cm³/mol. The van der Waals surface area contributed by atoms with Crippen molar-refractivity contribution in [2.24, 2.45) is 0 Å². The van der Waals surface area contributed by atoms with Crippen molar-refractivity contribution in [1.82, 2.24) is 0 Å². The summed E-state index contributed by atoms with van der Waals surface area (Å²) in [4.78, 5) is 10.1. The van der Waals surface area contributed by atoms with Crippen LogP contribution in [0, 0.1) is 20.8 Å². The molecule has 0 fully saturated rings. The Morgan fingerprint density at radius 1 is 1.17 bits per heavy atom. The van der Waals surface area contributed by atoms with E-state index < -0.39 is 0 Å². The van der Waals surface area contributed by atoms with Gasteiger partial charge in [-0.25, -0.2) is 0 Å². The first kappa shape index (κ1) is 8.78. The van der Waals surface area contributed by atoms with Crippen LogP contribution in [0.15, 0.2) is 12.1 Å². The van der Waals surface area contributed by atoms with Gasteiger partial charge in [-0.3, -0.25) is 4.79 Å². The standard InChI is InChI=1S/C10H12O2/c1-7-4-8(2)10(12-6-11)9(3)5-7/h4-6H,1-3H3. The van der Waals surface area contributed by atoms with Crippen molar-refractivity contribution in [3.05, 3.63) is 28.8 Å². The Morgan fingerprint density at radius 3 is 2.08 bits per heavy atom. The lowest BCUT2D eigenvalue weighted by Crippen LogP contribution is -1.95. The highest BCUT2D eigenvalue weighted by Gasteiger charge is 2.03. The second kappa shape index (κ2) is 3.39. The summed E-state index contributed by atoms with van der Waals surface area (Å²) >= 11 is 0. The zero-order valence-corrected chi connectivity index (χ0v) is 7.55. The minimum atomic E-state index is 0.463. The smallest absolute Gasteiger partial charge is 0.298 e. The Balaban J connectivity index is 3.18. The molecule has 12 heavy (non-hydrogen) atoms. The zero-order valence-electron chi connectivity index (χ0n) is 7.55. The number of ether oxygens (including phenoxy) is 1. The number of benzene rings is 1. The molecule has 0 saturated carbocycles. The van der Waals surface area contributed by atoms with Crippen LogP contribution in [0.4, 0.5) is 0 Å². The molecule has 0 aliphatic rings. The molecule has 0 spiro atoms. The van der Waals surface area contributed by atoms with Crippen LogP contribution in [0.1, 0.15) is 16.7 Å². The largest absolute Gasteiger partial charge is 0.428 e. The number of aryl methyl sites for hydroxylation is 3. The van der Waals surface area contributed by atoms with Gasteiger partial charge >= 0.3 is 0 Å². The molecule has 0 aliphatic carbocycles. The van der Waals surface area contributed by atoms with Gasteiger partial charge in [0.05, 0.1) is 0 Å². The van der Waals surface area contributed by atoms with E-state index in [0.29, 0.717) is 12.2 Å². The molecule has 0 radical (unpaired) electrons. The van der Waals surface area contributed by atoms with Crippen LogP contribution in [0.5, 0.6) is 5.75 Å². The molecule has 0 bridgehead atoms. The van der Waals surface area contributed by atoms with Crippen LogP contribution in [0.25, 0.3) is 0 Å². The van der Waals surface area contributed by atoms with E-state index in [1.54, 1.807) is 0 Å². The second-order valence-corrected chi connectivity index (χ2v) is 2.94. The molecule has 2 nitrogen and oxygen atoms in total. The molecule has 2 heteroatoms. The van der Waals surface area contributed by atoms with Gasteiger partial charge in [0.25, 0.3) is 6.47 Å². The van der Waals surface area contributed by atoms with Gasteiger partial charge in [-0.05, 0) is 31.9 Å². The molecular weight excluding hydrogens is 152 g/mol. The van der Waals surface area contributed by atoms with Crippen molar-refractivity contribution in [1.29, 1.82) is 0 Å². The Bertz CT molecular complexity index is 280. The zero-order chi connectivity index (χ0) is 9.14. The molecule has 64 valence electrons. The highest BCUT2D eigenvalue weighted by Crippen LogP contribution is 2.23. The quantitative estimate of drug-likeness (QED) is 0.626. The van der Waals surface area contributed by atoms with Crippen molar-refractivity contribution in [2.45, 2.75) is 20.8 Å². The summed E-state index contributed by atoms with van der Waals surface area (Å²) in [5.41, 5.74) is 3.18. The van der Waals surface area contributed by atoms with Crippen LogP contribution in [-0.4, -0.2) is 6.47 Å². The Morgan fingerprint density at radius 2 is 1.67 bits per heavy atom. The van der Waals surface area contributed by atoms with Crippen molar-refractivity contribution in [3.8, 4) is 5.75 Å². The molecular formula is C10H12O2. The van der Waals surface area contributed by atoms with E-state index in [9.17, 15) is 4.79 Å². The number of rotatable bonds is 2. The molecule has 1 aromatic carbocycles. The van der Waals surface area contributed by atoms with Gasteiger partial charge < -0.3 is 4.74 Å². The Labute approximate surface area is 72.2 Å². The third kappa shape index (κ3) is 1.64. The van der Waals surface area contributed by atoms with Crippen molar-refractivity contribution in [2.75, 3.05) is 0 Å². The summed E-state index contributed by atoms with van der Waals surface area (Å²) in [7, 11) is 0. The molecule has 0 aromatic heterocycles. The fraction of sp³-hybridized carbons (Fsp3) is 0.300. The third-order valence-electron chi connectivity index (χ3n) is 1.77. The van der Waals surface area contributed by atoms with E-state index in [0.717, 1.165) is 11.1 Å². The summed E-state index contributed by atoms with van der Waals surface area (Å²) in [6, 6.07) is 3.98. The van der Waals surface area contributed by atoms with Gasteiger partial charge in [0.2, 0.25) is 0 Å². The Kier molecular flexibility index (Phi) is 2.48. The van der Waals surface area contributed by atoms with Gasteiger partial charge in [-0.2, -0.15) is 0 Å². The lowest BCUT2D eigenvalue weighted by atomic mass is 10.1. The first-order valence-electron chi connectivity index (χ1n) is 3.83. The molecule has 1 rings (SSSR count). The molecule has 1 aromatic rings. The SMILES string of the molecule is Cc1cc(C)c(OC=O)c(C)c1. The topological polar surface area (TPSA) is 26.3 Å². The summed E-state index contributed by atoms with van der Waals surface area (Å²) in [6.45, 7) is 6.34. The van der Waals surface area contributed by atoms with E-state index in [1.807, 2.05) is 32.9 Å². The third-order valence-corrected chi connectivity index (χ3v) is 1.77. The van der Waals surface area contributed by atoms with E-state index in [1.165, 1.54) is 5.56 Å². The van der Waals surface area contributed by atoms with E-state index in [-0.39, 0.29) is 0 Å². The van der Waals surface area contributed by atoms with Crippen LogP contribution >= 0.6 is 0 Å². The summed E-state index contributed by atoms with van der Waals surface area (Å²) in [6.07, 6.45) is 0. The molecule has 0 unspecified atom stereocenters. The normalized spacial score (nSPS) is 9.58. The van der Waals surface area contributed by atoms with Gasteiger partial charge in [0.1, 0.15) is 5.75 Å². The lowest BCUT2D eigenvalue weighted by molar-refractivity contribution is -0.120.